The van der Waals surface area contributed by atoms with Gasteiger partial charge < -0.3 is 0 Å². The number of rotatable bonds is 3. The molecule has 2 rings (SSSR count). The van der Waals surface area contributed by atoms with E-state index in [4.69, 9.17) is 5.26 Å². The molecule has 0 saturated carbocycles. The summed E-state index contributed by atoms with van der Waals surface area (Å²) in [4.78, 5) is -0.0571. The highest BCUT2D eigenvalue weighted by Crippen LogP contribution is 2.19. The van der Waals surface area contributed by atoms with Gasteiger partial charge in [-0.05, 0) is 29.4 Å². The Bertz CT molecular complexity index is 686. The SMILES string of the molecule is C[C@@H](C#N)NS(=O)(=O)c1cccc2nonc12. The largest absolute Gasteiger partial charge is 0.244 e. The quantitative estimate of drug-likeness (QED) is 0.847. The minimum Gasteiger partial charge on any atom is -0.243 e. The predicted molar refractivity (Wildman–Crippen MR) is 57.2 cm³/mol. The van der Waals surface area contributed by atoms with Crippen LogP contribution in [-0.2, 0) is 10.0 Å². The number of hydrogen-bond donors (Lipinski definition) is 1. The molecule has 0 bridgehead atoms. The molecular formula is C9H8N4O3S. The van der Waals surface area contributed by atoms with Crippen molar-refractivity contribution in [2.75, 3.05) is 0 Å². The normalized spacial score (nSPS) is 13.4. The summed E-state index contributed by atoms with van der Waals surface area (Å²) in [5.74, 6) is 0. The van der Waals surface area contributed by atoms with Crippen molar-refractivity contribution in [1.29, 1.82) is 5.26 Å². The Kier molecular flexibility index (Phi) is 2.79. The summed E-state index contributed by atoms with van der Waals surface area (Å²) in [6.45, 7) is 1.44. The van der Waals surface area contributed by atoms with E-state index >= 15 is 0 Å². The van der Waals surface area contributed by atoms with Crippen molar-refractivity contribution in [2.45, 2.75) is 17.9 Å². The van der Waals surface area contributed by atoms with Crippen molar-refractivity contribution < 1.29 is 13.0 Å². The van der Waals surface area contributed by atoms with Gasteiger partial charge in [0.25, 0.3) is 0 Å². The molecule has 0 aliphatic rings. The van der Waals surface area contributed by atoms with E-state index in [0.717, 1.165) is 0 Å². The molecule has 1 aromatic heterocycles. The molecule has 0 unspecified atom stereocenters. The minimum atomic E-state index is -3.80. The van der Waals surface area contributed by atoms with Crippen LogP contribution in [0.2, 0.25) is 0 Å². The van der Waals surface area contributed by atoms with E-state index in [0.29, 0.717) is 5.52 Å². The highest BCUT2D eigenvalue weighted by atomic mass is 32.2. The number of nitrogens with one attached hydrogen (secondary N) is 1. The summed E-state index contributed by atoms with van der Waals surface area (Å²) in [5, 5.41) is 15.7. The molecule has 1 aromatic carbocycles. The van der Waals surface area contributed by atoms with E-state index in [1.165, 1.54) is 19.1 Å². The van der Waals surface area contributed by atoms with Gasteiger partial charge in [-0.1, -0.05) is 6.07 Å². The first-order valence-electron chi connectivity index (χ1n) is 4.68. The zero-order valence-electron chi connectivity index (χ0n) is 8.78. The molecule has 0 fully saturated rings. The first kappa shape index (κ1) is 11.5. The van der Waals surface area contributed by atoms with E-state index in [1.54, 1.807) is 12.1 Å². The molecule has 88 valence electrons. The van der Waals surface area contributed by atoms with E-state index in [9.17, 15) is 8.42 Å². The number of benzene rings is 1. The molecule has 0 aliphatic heterocycles. The second-order valence-corrected chi connectivity index (χ2v) is 5.04. The van der Waals surface area contributed by atoms with E-state index in [2.05, 4.69) is 19.7 Å². The highest BCUT2D eigenvalue weighted by Gasteiger charge is 2.21. The molecule has 0 amide bonds. The molecule has 17 heavy (non-hydrogen) atoms. The molecular weight excluding hydrogens is 244 g/mol. The second kappa shape index (κ2) is 4.12. The average Bonchev–Trinajstić information content (AvgIpc) is 2.75. The summed E-state index contributed by atoms with van der Waals surface area (Å²) in [7, 11) is -3.80. The van der Waals surface area contributed by atoms with Crippen LogP contribution < -0.4 is 4.72 Å². The number of nitrogens with zero attached hydrogens (tertiary/aromatic N) is 3. The van der Waals surface area contributed by atoms with Gasteiger partial charge in [0, 0.05) is 0 Å². The van der Waals surface area contributed by atoms with Crippen LogP contribution in [0, 0.1) is 11.3 Å². The molecule has 0 aliphatic carbocycles. The fraction of sp³-hybridized carbons (Fsp3) is 0.222. The average molecular weight is 252 g/mol. The lowest BCUT2D eigenvalue weighted by Gasteiger charge is -2.07. The van der Waals surface area contributed by atoms with Crippen molar-refractivity contribution in [3.63, 3.8) is 0 Å². The van der Waals surface area contributed by atoms with Crippen molar-refractivity contribution in [3.8, 4) is 6.07 Å². The Labute approximate surface area is 97.0 Å². The first-order chi connectivity index (χ1) is 8.04. The maximum absolute atomic E-state index is 11.9. The predicted octanol–water partition coefficient (Wildman–Crippen LogP) is 0.413. The fourth-order valence-electron chi connectivity index (χ4n) is 1.32. The fourth-order valence-corrected chi connectivity index (χ4v) is 2.62. The lowest BCUT2D eigenvalue weighted by atomic mass is 10.3. The number of fused-ring (bicyclic) bond motifs is 1. The number of aromatic nitrogens is 2. The first-order valence-corrected chi connectivity index (χ1v) is 6.16. The topological polar surface area (TPSA) is 109 Å². The molecule has 1 atom stereocenters. The smallest absolute Gasteiger partial charge is 0.243 e. The van der Waals surface area contributed by atoms with E-state index in [-0.39, 0.29) is 10.4 Å². The van der Waals surface area contributed by atoms with Gasteiger partial charge in [-0.3, -0.25) is 0 Å². The summed E-state index contributed by atoms with van der Waals surface area (Å²) in [6.07, 6.45) is 0. The number of sulfonamides is 1. The minimum absolute atomic E-state index is 0.0571. The molecule has 0 spiro atoms. The molecule has 0 radical (unpaired) electrons. The molecule has 0 saturated heterocycles. The van der Waals surface area contributed by atoms with Crippen molar-refractivity contribution >= 4 is 21.1 Å². The summed E-state index contributed by atoms with van der Waals surface area (Å²) >= 11 is 0. The summed E-state index contributed by atoms with van der Waals surface area (Å²) < 4.78 is 30.6. The van der Waals surface area contributed by atoms with E-state index < -0.39 is 16.1 Å². The van der Waals surface area contributed by atoms with Gasteiger partial charge in [-0.25, -0.2) is 13.0 Å². The van der Waals surface area contributed by atoms with Crippen LogP contribution in [0.4, 0.5) is 0 Å². The maximum Gasteiger partial charge on any atom is 0.244 e. The molecule has 1 heterocycles. The van der Waals surface area contributed by atoms with Gasteiger partial charge >= 0.3 is 0 Å². The zero-order valence-corrected chi connectivity index (χ0v) is 9.60. The molecule has 2 aromatic rings. The van der Waals surface area contributed by atoms with Crippen LogP contribution in [0.25, 0.3) is 11.0 Å². The Morgan fingerprint density at radius 2 is 2.24 bits per heavy atom. The van der Waals surface area contributed by atoms with Crippen LogP contribution in [0.5, 0.6) is 0 Å². The molecule has 8 heteroatoms. The Morgan fingerprint density at radius 1 is 1.47 bits per heavy atom. The monoisotopic (exact) mass is 252 g/mol. The van der Waals surface area contributed by atoms with Gasteiger partial charge in [0.2, 0.25) is 10.0 Å². The van der Waals surface area contributed by atoms with Crippen LogP contribution in [0.15, 0.2) is 27.7 Å². The lowest BCUT2D eigenvalue weighted by Crippen LogP contribution is -2.31. The standard InChI is InChI=1S/C9H8N4O3S/c1-6(5-10)13-17(14,15)8-4-2-3-7-9(8)12-16-11-7/h2-4,6,13H,1H3/t6-/m0/s1. The summed E-state index contributed by atoms with van der Waals surface area (Å²) in [6, 6.07) is 5.44. The summed E-state index contributed by atoms with van der Waals surface area (Å²) in [5.41, 5.74) is 0.489. The lowest BCUT2D eigenvalue weighted by molar-refractivity contribution is 0.315. The van der Waals surface area contributed by atoms with Crippen LogP contribution in [0.1, 0.15) is 6.92 Å². The van der Waals surface area contributed by atoms with Crippen molar-refractivity contribution in [3.05, 3.63) is 18.2 Å². The second-order valence-electron chi connectivity index (χ2n) is 3.36. The van der Waals surface area contributed by atoms with E-state index in [1.807, 2.05) is 0 Å². The zero-order chi connectivity index (χ0) is 12.5. The van der Waals surface area contributed by atoms with Crippen LogP contribution in [-0.4, -0.2) is 24.8 Å². The van der Waals surface area contributed by atoms with Gasteiger partial charge in [-0.2, -0.15) is 9.98 Å². The third-order valence-electron chi connectivity index (χ3n) is 2.06. The number of nitriles is 1. The molecule has 7 nitrogen and oxygen atoms in total. The van der Waals surface area contributed by atoms with Gasteiger partial charge in [0.05, 0.1) is 6.07 Å². The van der Waals surface area contributed by atoms with Gasteiger partial charge in [-0.15, -0.1) is 0 Å². The van der Waals surface area contributed by atoms with Gasteiger partial charge in [0.1, 0.15) is 16.5 Å². The van der Waals surface area contributed by atoms with Crippen LogP contribution >= 0.6 is 0 Å². The van der Waals surface area contributed by atoms with Crippen molar-refractivity contribution in [1.82, 2.24) is 15.0 Å². The number of hydrogen-bond acceptors (Lipinski definition) is 6. The van der Waals surface area contributed by atoms with Crippen molar-refractivity contribution in [2.24, 2.45) is 0 Å². The van der Waals surface area contributed by atoms with Crippen LogP contribution in [0.3, 0.4) is 0 Å². The Balaban J connectivity index is 2.53. The maximum atomic E-state index is 11.9. The Morgan fingerprint density at radius 3 is 2.94 bits per heavy atom. The third kappa shape index (κ3) is 2.11. The highest BCUT2D eigenvalue weighted by molar-refractivity contribution is 7.89. The molecule has 1 N–H and O–H groups in total. The Hall–Kier alpha value is -1.98. The third-order valence-corrected chi connectivity index (χ3v) is 3.64. The van der Waals surface area contributed by atoms with Gasteiger partial charge in [0.15, 0.2) is 5.52 Å².